The summed E-state index contributed by atoms with van der Waals surface area (Å²) in [6, 6.07) is 5.74. The van der Waals surface area contributed by atoms with Gasteiger partial charge in [0.25, 0.3) is 0 Å². The molecule has 2 N–H and O–H groups in total. The number of hydrogen-bond donors (Lipinski definition) is 2. The fourth-order valence-electron chi connectivity index (χ4n) is 2.23. The molecule has 0 radical (unpaired) electrons. The SMILES string of the molecule is S=C(NN=Cc1ccc(Cl)cc1Cl)NC1CCCCC1. The first kappa shape index (κ1) is 15.5. The summed E-state index contributed by atoms with van der Waals surface area (Å²) in [6.07, 6.45) is 7.84. The quantitative estimate of drug-likeness (QED) is 0.497. The first-order valence-corrected chi connectivity index (χ1v) is 7.86. The van der Waals surface area contributed by atoms with Gasteiger partial charge >= 0.3 is 0 Å². The molecule has 1 aromatic carbocycles. The van der Waals surface area contributed by atoms with Crippen LogP contribution in [0.2, 0.25) is 10.0 Å². The molecule has 1 aliphatic carbocycles. The molecular formula is C14H17Cl2N3S. The predicted molar refractivity (Wildman–Crippen MR) is 89.8 cm³/mol. The van der Waals surface area contributed by atoms with Gasteiger partial charge in [-0.15, -0.1) is 0 Å². The van der Waals surface area contributed by atoms with Crippen molar-refractivity contribution in [1.29, 1.82) is 0 Å². The molecule has 0 amide bonds. The highest BCUT2D eigenvalue weighted by Gasteiger charge is 2.13. The molecule has 0 spiro atoms. The highest BCUT2D eigenvalue weighted by atomic mass is 35.5. The molecule has 1 aliphatic rings. The van der Waals surface area contributed by atoms with Crippen LogP contribution < -0.4 is 10.7 Å². The van der Waals surface area contributed by atoms with Crippen LogP contribution in [0.5, 0.6) is 0 Å². The number of benzene rings is 1. The van der Waals surface area contributed by atoms with E-state index < -0.39 is 0 Å². The fourth-order valence-corrected chi connectivity index (χ4v) is 2.91. The number of nitrogens with zero attached hydrogens (tertiary/aromatic N) is 1. The third-order valence-electron chi connectivity index (χ3n) is 3.27. The molecule has 0 unspecified atom stereocenters. The Labute approximate surface area is 134 Å². The van der Waals surface area contributed by atoms with Crippen molar-refractivity contribution in [3.05, 3.63) is 33.8 Å². The summed E-state index contributed by atoms with van der Waals surface area (Å²) in [5.41, 5.74) is 3.61. The van der Waals surface area contributed by atoms with Crippen molar-refractivity contribution in [2.75, 3.05) is 0 Å². The zero-order valence-electron chi connectivity index (χ0n) is 11.0. The second-order valence-corrected chi connectivity index (χ2v) is 6.10. The van der Waals surface area contributed by atoms with Crippen LogP contribution in [0.3, 0.4) is 0 Å². The van der Waals surface area contributed by atoms with Crippen molar-refractivity contribution in [2.24, 2.45) is 5.10 Å². The van der Waals surface area contributed by atoms with E-state index in [2.05, 4.69) is 15.8 Å². The van der Waals surface area contributed by atoms with Gasteiger partial charge in [-0.25, -0.2) is 0 Å². The molecule has 1 aromatic rings. The van der Waals surface area contributed by atoms with Crippen molar-refractivity contribution in [3.8, 4) is 0 Å². The van der Waals surface area contributed by atoms with Gasteiger partial charge in [0.15, 0.2) is 5.11 Å². The molecule has 0 aromatic heterocycles. The molecular weight excluding hydrogens is 313 g/mol. The van der Waals surface area contributed by atoms with Crippen LogP contribution >= 0.6 is 35.4 Å². The van der Waals surface area contributed by atoms with Crippen LogP contribution in [0.4, 0.5) is 0 Å². The molecule has 20 heavy (non-hydrogen) atoms. The minimum absolute atomic E-state index is 0.470. The maximum absolute atomic E-state index is 6.05. The lowest BCUT2D eigenvalue weighted by atomic mass is 9.96. The summed E-state index contributed by atoms with van der Waals surface area (Å²) in [6.45, 7) is 0. The minimum atomic E-state index is 0.470. The third kappa shape index (κ3) is 4.93. The highest BCUT2D eigenvalue weighted by Crippen LogP contribution is 2.19. The van der Waals surface area contributed by atoms with Crippen molar-refractivity contribution in [2.45, 2.75) is 38.1 Å². The molecule has 0 heterocycles. The third-order valence-corrected chi connectivity index (χ3v) is 4.04. The lowest BCUT2D eigenvalue weighted by Gasteiger charge is -2.23. The molecule has 1 saturated carbocycles. The van der Waals surface area contributed by atoms with Gasteiger partial charge in [-0.2, -0.15) is 5.10 Å². The van der Waals surface area contributed by atoms with Gasteiger partial charge in [-0.3, -0.25) is 5.43 Å². The minimum Gasteiger partial charge on any atom is -0.359 e. The van der Waals surface area contributed by atoms with Gasteiger partial charge in [-0.1, -0.05) is 48.5 Å². The van der Waals surface area contributed by atoms with E-state index in [9.17, 15) is 0 Å². The van der Waals surface area contributed by atoms with Gasteiger partial charge in [0.05, 0.1) is 11.2 Å². The first-order valence-electron chi connectivity index (χ1n) is 6.70. The Morgan fingerprint density at radius 1 is 1.25 bits per heavy atom. The molecule has 6 heteroatoms. The molecule has 0 aliphatic heterocycles. The van der Waals surface area contributed by atoms with Crippen LogP contribution in [-0.4, -0.2) is 17.4 Å². The van der Waals surface area contributed by atoms with E-state index in [0.717, 1.165) is 5.56 Å². The summed E-state index contributed by atoms with van der Waals surface area (Å²) < 4.78 is 0. The van der Waals surface area contributed by atoms with Gasteiger partial charge in [0.2, 0.25) is 0 Å². The Hall–Kier alpha value is -0.840. The molecule has 2 rings (SSSR count). The Morgan fingerprint density at radius 3 is 2.70 bits per heavy atom. The molecule has 0 saturated heterocycles. The standard InChI is InChI=1S/C14H17Cl2N3S/c15-11-7-6-10(13(16)8-11)9-17-19-14(20)18-12-4-2-1-3-5-12/h6-9,12H,1-5H2,(H2,18,19,20). The second kappa shape index (κ2) is 7.81. The van der Waals surface area contributed by atoms with Gasteiger partial charge in [-0.05, 0) is 37.2 Å². The van der Waals surface area contributed by atoms with Crippen molar-refractivity contribution >= 4 is 46.7 Å². The topological polar surface area (TPSA) is 36.4 Å². The summed E-state index contributed by atoms with van der Waals surface area (Å²) in [4.78, 5) is 0. The lowest BCUT2D eigenvalue weighted by Crippen LogP contribution is -2.40. The maximum atomic E-state index is 6.05. The maximum Gasteiger partial charge on any atom is 0.187 e. The lowest BCUT2D eigenvalue weighted by molar-refractivity contribution is 0.412. The predicted octanol–water partition coefficient (Wildman–Crippen LogP) is 4.12. The molecule has 0 atom stereocenters. The Balaban J connectivity index is 1.81. The number of rotatable bonds is 3. The summed E-state index contributed by atoms with van der Waals surface area (Å²) in [5.74, 6) is 0. The summed E-state index contributed by atoms with van der Waals surface area (Å²) in [7, 11) is 0. The van der Waals surface area contributed by atoms with Crippen LogP contribution in [0.15, 0.2) is 23.3 Å². The van der Waals surface area contributed by atoms with Crippen molar-refractivity contribution in [3.63, 3.8) is 0 Å². The smallest absolute Gasteiger partial charge is 0.187 e. The van der Waals surface area contributed by atoms with Gasteiger partial charge in [0.1, 0.15) is 0 Å². The Kier molecular flexibility index (Phi) is 6.07. The zero-order chi connectivity index (χ0) is 14.4. The van der Waals surface area contributed by atoms with E-state index in [-0.39, 0.29) is 0 Å². The second-order valence-electron chi connectivity index (χ2n) is 4.84. The average molecular weight is 330 g/mol. The normalized spacial score (nSPS) is 16.3. The number of nitrogens with one attached hydrogen (secondary N) is 2. The monoisotopic (exact) mass is 329 g/mol. The van der Waals surface area contributed by atoms with Gasteiger partial charge < -0.3 is 5.32 Å². The Morgan fingerprint density at radius 2 is 2.00 bits per heavy atom. The van der Waals surface area contributed by atoms with E-state index in [0.29, 0.717) is 21.2 Å². The number of hydrogen-bond acceptors (Lipinski definition) is 2. The molecule has 1 fully saturated rings. The van der Waals surface area contributed by atoms with Crippen molar-refractivity contribution < 1.29 is 0 Å². The van der Waals surface area contributed by atoms with Crippen LogP contribution in [0.25, 0.3) is 0 Å². The molecule has 3 nitrogen and oxygen atoms in total. The summed E-state index contributed by atoms with van der Waals surface area (Å²) in [5, 5.41) is 9.10. The van der Waals surface area contributed by atoms with E-state index in [4.69, 9.17) is 35.4 Å². The van der Waals surface area contributed by atoms with E-state index in [1.807, 2.05) is 6.07 Å². The van der Waals surface area contributed by atoms with Gasteiger partial charge in [0, 0.05) is 16.6 Å². The highest BCUT2D eigenvalue weighted by molar-refractivity contribution is 7.80. The fraction of sp³-hybridized carbons (Fsp3) is 0.429. The number of hydrazone groups is 1. The van der Waals surface area contributed by atoms with E-state index >= 15 is 0 Å². The largest absolute Gasteiger partial charge is 0.359 e. The first-order chi connectivity index (χ1) is 9.65. The number of halogens is 2. The van der Waals surface area contributed by atoms with Crippen LogP contribution in [0, 0.1) is 0 Å². The summed E-state index contributed by atoms with van der Waals surface area (Å²) >= 11 is 17.1. The van der Waals surface area contributed by atoms with E-state index in [1.54, 1.807) is 18.3 Å². The average Bonchev–Trinajstić information content (AvgIpc) is 2.42. The Bertz CT molecular complexity index is 499. The van der Waals surface area contributed by atoms with Crippen LogP contribution in [0.1, 0.15) is 37.7 Å². The van der Waals surface area contributed by atoms with E-state index in [1.165, 1.54) is 32.1 Å². The van der Waals surface area contributed by atoms with Crippen LogP contribution in [-0.2, 0) is 0 Å². The zero-order valence-corrected chi connectivity index (χ0v) is 13.4. The number of thiocarbonyl (C=S) groups is 1. The molecule has 0 bridgehead atoms. The van der Waals surface area contributed by atoms with Crippen molar-refractivity contribution in [1.82, 2.24) is 10.7 Å². The molecule has 108 valence electrons.